The summed E-state index contributed by atoms with van der Waals surface area (Å²) in [6.45, 7) is 0.701. The number of hydrogen-bond donors (Lipinski definition) is 1. The fraction of sp³-hybridized carbons (Fsp3) is 0.120. The summed E-state index contributed by atoms with van der Waals surface area (Å²) in [5.41, 5.74) is 3.83. The van der Waals surface area contributed by atoms with Crippen molar-refractivity contribution in [1.29, 1.82) is 0 Å². The van der Waals surface area contributed by atoms with Crippen LogP contribution in [0.4, 0.5) is 5.82 Å². The Bertz CT molecular complexity index is 1210. The quantitative estimate of drug-likeness (QED) is 0.454. The van der Waals surface area contributed by atoms with Crippen LogP contribution in [0.25, 0.3) is 11.4 Å². The van der Waals surface area contributed by atoms with Gasteiger partial charge in [-0.2, -0.15) is 4.98 Å². The van der Waals surface area contributed by atoms with Crippen LogP contribution < -0.4 is 9.64 Å². The van der Waals surface area contributed by atoms with Gasteiger partial charge in [0.1, 0.15) is 17.3 Å². The summed E-state index contributed by atoms with van der Waals surface area (Å²) in [7, 11) is 2.02. The van der Waals surface area contributed by atoms with Crippen LogP contribution >= 0.6 is 0 Å². The number of hydrogen-bond acceptors (Lipinski definition) is 5. The Morgan fingerprint density at radius 2 is 1.63 bits per heavy atom. The van der Waals surface area contributed by atoms with Gasteiger partial charge in [0.05, 0.1) is 11.1 Å². The molecule has 1 aliphatic heterocycles. The van der Waals surface area contributed by atoms with Crippen LogP contribution in [0.1, 0.15) is 16.7 Å². The minimum atomic E-state index is 0.144. The summed E-state index contributed by atoms with van der Waals surface area (Å²) in [6, 6.07) is 25.4. The van der Waals surface area contributed by atoms with Gasteiger partial charge in [0.15, 0.2) is 5.82 Å². The number of phenolic OH excluding ortho intramolecular Hbond substituents is 1. The van der Waals surface area contributed by atoms with Crippen LogP contribution in [0, 0.1) is 0 Å². The van der Waals surface area contributed by atoms with E-state index in [0.29, 0.717) is 30.2 Å². The minimum absolute atomic E-state index is 0.144. The molecule has 0 amide bonds. The lowest BCUT2D eigenvalue weighted by atomic mass is 10.0. The minimum Gasteiger partial charge on any atom is -0.507 e. The summed E-state index contributed by atoms with van der Waals surface area (Å²) < 4.78 is 6.16. The first kappa shape index (κ1) is 18.2. The molecule has 0 bridgehead atoms. The number of benzene rings is 3. The Morgan fingerprint density at radius 3 is 2.47 bits per heavy atom. The lowest BCUT2D eigenvalue weighted by molar-refractivity contribution is 0.439. The van der Waals surface area contributed by atoms with Gasteiger partial charge in [0.2, 0.25) is 5.88 Å². The van der Waals surface area contributed by atoms with Gasteiger partial charge in [-0.3, -0.25) is 0 Å². The van der Waals surface area contributed by atoms with Crippen molar-refractivity contribution in [2.24, 2.45) is 0 Å². The molecule has 4 aromatic rings. The third kappa shape index (κ3) is 3.35. The number of fused-ring (bicyclic) bond motifs is 2. The van der Waals surface area contributed by atoms with Crippen molar-refractivity contribution in [3.63, 3.8) is 0 Å². The maximum absolute atomic E-state index is 10.4. The molecule has 2 heterocycles. The van der Waals surface area contributed by atoms with E-state index in [1.165, 1.54) is 5.56 Å². The second-order valence-corrected chi connectivity index (χ2v) is 7.40. The van der Waals surface area contributed by atoms with E-state index < -0.39 is 0 Å². The average molecular weight is 395 g/mol. The van der Waals surface area contributed by atoms with E-state index in [-0.39, 0.29) is 5.75 Å². The zero-order valence-electron chi connectivity index (χ0n) is 16.6. The van der Waals surface area contributed by atoms with Crippen LogP contribution in [0.5, 0.6) is 17.4 Å². The largest absolute Gasteiger partial charge is 0.507 e. The molecule has 1 N–H and O–H groups in total. The SMILES string of the molecule is CN(Cc1ccccc1)c1nc(-c2ccccc2O)nc2c1Cc1ccccc1O2. The van der Waals surface area contributed by atoms with Crippen LogP contribution in [0.3, 0.4) is 0 Å². The van der Waals surface area contributed by atoms with Crippen LogP contribution in [0.15, 0.2) is 78.9 Å². The number of phenols is 1. The molecule has 1 aliphatic rings. The zero-order valence-corrected chi connectivity index (χ0v) is 16.6. The smallest absolute Gasteiger partial charge is 0.228 e. The van der Waals surface area contributed by atoms with E-state index >= 15 is 0 Å². The molecule has 5 heteroatoms. The van der Waals surface area contributed by atoms with Gasteiger partial charge in [0, 0.05) is 20.0 Å². The highest BCUT2D eigenvalue weighted by molar-refractivity contribution is 5.68. The van der Waals surface area contributed by atoms with E-state index in [1.807, 2.05) is 55.6 Å². The Hall–Kier alpha value is -3.86. The van der Waals surface area contributed by atoms with Gasteiger partial charge in [-0.25, -0.2) is 4.98 Å². The number of rotatable bonds is 4. The molecule has 1 aromatic heterocycles. The van der Waals surface area contributed by atoms with Crippen molar-refractivity contribution in [2.45, 2.75) is 13.0 Å². The van der Waals surface area contributed by atoms with Crippen molar-refractivity contribution in [3.8, 4) is 28.8 Å². The first-order chi connectivity index (χ1) is 14.7. The molecule has 0 spiro atoms. The van der Waals surface area contributed by atoms with E-state index in [4.69, 9.17) is 9.72 Å². The predicted molar refractivity (Wildman–Crippen MR) is 117 cm³/mol. The molecular formula is C25H21N3O2. The highest BCUT2D eigenvalue weighted by Gasteiger charge is 2.26. The predicted octanol–water partition coefficient (Wildman–Crippen LogP) is 5.18. The zero-order chi connectivity index (χ0) is 20.5. The van der Waals surface area contributed by atoms with Crippen LogP contribution in [-0.2, 0) is 13.0 Å². The Labute approximate surface area is 175 Å². The number of ether oxygens (including phenoxy) is 1. The second-order valence-electron chi connectivity index (χ2n) is 7.40. The number of nitrogens with zero attached hydrogens (tertiary/aromatic N) is 3. The lowest BCUT2D eigenvalue weighted by Gasteiger charge is -2.26. The molecule has 5 rings (SSSR count). The fourth-order valence-electron chi connectivity index (χ4n) is 3.77. The van der Waals surface area contributed by atoms with Crippen molar-refractivity contribution >= 4 is 5.82 Å². The van der Waals surface area contributed by atoms with Crippen molar-refractivity contribution < 1.29 is 9.84 Å². The van der Waals surface area contributed by atoms with Gasteiger partial charge in [-0.15, -0.1) is 0 Å². The summed E-state index contributed by atoms with van der Waals surface area (Å²) >= 11 is 0. The Morgan fingerprint density at radius 1 is 0.900 bits per heavy atom. The fourth-order valence-corrected chi connectivity index (χ4v) is 3.77. The van der Waals surface area contributed by atoms with E-state index in [2.05, 4.69) is 28.1 Å². The summed E-state index contributed by atoms with van der Waals surface area (Å²) in [5, 5.41) is 10.4. The first-order valence-corrected chi connectivity index (χ1v) is 9.89. The monoisotopic (exact) mass is 395 g/mol. The number of para-hydroxylation sites is 2. The average Bonchev–Trinajstić information content (AvgIpc) is 2.78. The second kappa shape index (κ2) is 7.52. The van der Waals surface area contributed by atoms with E-state index in [0.717, 1.165) is 22.7 Å². The molecule has 0 aliphatic carbocycles. The molecule has 3 aromatic carbocycles. The maximum Gasteiger partial charge on any atom is 0.228 e. The summed E-state index contributed by atoms with van der Waals surface area (Å²) in [5.74, 6) is 2.74. The van der Waals surface area contributed by atoms with Crippen molar-refractivity contribution in [2.75, 3.05) is 11.9 Å². The van der Waals surface area contributed by atoms with Gasteiger partial charge < -0.3 is 14.7 Å². The molecule has 0 radical (unpaired) electrons. The van der Waals surface area contributed by atoms with Crippen LogP contribution in [0.2, 0.25) is 0 Å². The maximum atomic E-state index is 10.4. The highest BCUT2D eigenvalue weighted by Crippen LogP contribution is 2.41. The summed E-state index contributed by atoms with van der Waals surface area (Å²) in [4.78, 5) is 11.6. The molecule has 0 atom stereocenters. The van der Waals surface area contributed by atoms with E-state index in [1.54, 1.807) is 12.1 Å². The normalized spacial score (nSPS) is 11.9. The van der Waals surface area contributed by atoms with Crippen molar-refractivity contribution in [1.82, 2.24) is 9.97 Å². The molecule has 30 heavy (non-hydrogen) atoms. The third-order valence-corrected chi connectivity index (χ3v) is 5.26. The summed E-state index contributed by atoms with van der Waals surface area (Å²) in [6.07, 6.45) is 0.695. The number of anilines is 1. The van der Waals surface area contributed by atoms with Gasteiger partial charge in [-0.1, -0.05) is 60.7 Å². The first-order valence-electron chi connectivity index (χ1n) is 9.89. The lowest BCUT2D eigenvalue weighted by Crippen LogP contribution is -2.22. The molecule has 148 valence electrons. The number of aromatic nitrogens is 2. The molecule has 0 fully saturated rings. The highest BCUT2D eigenvalue weighted by atomic mass is 16.5. The number of aromatic hydroxyl groups is 1. The molecule has 5 nitrogen and oxygen atoms in total. The van der Waals surface area contributed by atoms with E-state index in [9.17, 15) is 5.11 Å². The Balaban J connectivity index is 1.62. The molecular weight excluding hydrogens is 374 g/mol. The van der Waals surface area contributed by atoms with Crippen molar-refractivity contribution in [3.05, 3.63) is 95.6 Å². The molecule has 0 saturated heterocycles. The van der Waals surface area contributed by atoms with Gasteiger partial charge in [-0.05, 0) is 29.3 Å². The Kier molecular flexibility index (Phi) is 4.56. The molecule has 0 unspecified atom stereocenters. The topological polar surface area (TPSA) is 58.5 Å². The third-order valence-electron chi connectivity index (χ3n) is 5.26. The van der Waals surface area contributed by atoms with Crippen LogP contribution in [-0.4, -0.2) is 22.1 Å². The van der Waals surface area contributed by atoms with Gasteiger partial charge in [0.25, 0.3) is 0 Å². The standard InChI is InChI=1S/C25H21N3O2/c1-28(16-17-9-3-2-4-10-17)24-20-15-18-11-5-8-14-22(18)30-25(20)27-23(26-24)19-12-6-7-13-21(19)29/h2-14,29H,15-16H2,1H3. The molecule has 0 saturated carbocycles. The van der Waals surface area contributed by atoms with Gasteiger partial charge >= 0.3 is 0 Å².